The van der Waals surface area contributed by atoms with Gasteiger partial charge in [-0.05, 0) is 29.7 Å². The quantitative estimate of drug-likeness (QED) is 0.466. The Labute approximate surface area is 178 Å². The summed E-state index contributed by atoms with van der Waals surface area (Å²) in [4.78, 5) is 16.5. The second-order valence-electron chi connectivity index (χ2n) is 6.62. The van der Waals surface area contributed by atoms with Gasteiger partial charge in [-0.25, -0.2) is 0 Å². The Morgan fingerprint density at radius 3 is 2.61 bits per heavy atom. The van der Waals surface area contributed by atoms with Crippen LogP contribution in [0.4, 0.5) is 0 Å². The lowest BCUT2D eigenvalue weighted by atomic mass is 10.1. The van der Waals surface area contributed by atoms with Crippen LogP contribution in [-0.2, 0) is 11.3 Å². The summed E-state index contributed by atoms with van der Waals surface area (Å²) in [6, 6.07) is 18.9. The van der Waals surface area contributed by atoms with Crippen LogP contribution in [0, 0.1) is 0 Å². The normalized spacial score (nSPS) is 10.6. The maximum Gasteiger partial charge on any atom is 0.258 e. The zero-order valence-electron chi connectivity index (χ0n) is 17.1. The Hall–Kier alpha value is -4.07. The summed E-state index contributed by atoms with van der Waals surface area (Å²) >= 11 is 0. The highest BCUT2D eigenvalue weighted by molar-refractivity contribution is 5.88. The van der Waals surface area contributed by atoms with Gasteiger partial charge in [-0.15, -0.1) is 0 Å². The molecule has 0 unspecified atom stereocenters. The minimum atomic E-state index is -0.293. The summed E-state index contributed by atoms with van der Waals surface area (Å²) in [7, 11) is 3.12. The van der Waals surface area contributed by atoms with Crippen LogP contribution in [0.5, 0.6) is 17.2 Å². The Morgan fingerprint density at radius 1 is 0.968 bits per heavy atom. The number of rotatable bonds is 8. The van der Waals surface area contributed by atoms with E-state index in [2.05, 4.69) is 15.5 Å². The molecule has 0 aliphatic heterocycles. The first-order valence-electron chi connectivity index (χ1n) is 9.60. The number of amides is 1. The smallest absolute Gasteiger partial charge is 0.258 e. The fourth-order valence-electron chi connectivity index (χ4n) is 3.11. The first-order chi connectivity index (χ1) is 15.2. The number of ether oxygens (including phenoxy) is 3. The average molecular weight is 419 g/mol. The summed E-state index contributed by atoms with van der Waals surface area (Å²) in [5.74, 6) is 2.19. The molecule has 1 aromatic heterocycles. The molecule has 31 heavy (non-hydrogen) atoms. The zero-order chi connectivity index (χ0) is 21.6. The van der Waals surface area contributed by atoms with Crippen molar-refractivity contribution >= 4 is 16.7 Å². The van der Waals surface area contributed by atoms with E-state index in [1.165, 1.54) is 0 Å². The van der Waals surface area contributed by atoms with Gasteiger partial charge < -0.3 is 24.1 Å². The molecule has 8 heteroatoms. The third-order valence-corrected chi connectivity index (χ3v) is 4.66. The predicted molar refractivity (Wildman–Crippen MR) is 114 cm³/mol. The van der Waals surface area contributed by atoms with E-state index in [1.54, 1.807) is 32.4 Å². The monoisotopic (exact) mass is 419 g/mol. The van der Waals surface area contributed by atoms with Crippen LogP contribution in [0.15, 0.2) is 65.2 Å². The van der Waals surface area contributed by atoms with E-state index in [0.717, 1.165) is 10.8 Å². The molecular formula is C23H21N3O5. The van der Waals surface area contributed by atoms with Gasteiger partial charge in [0, 0.05) is 10.9 Å². The van der Waals surface area contributed by atoms with E-state index in [0.29, 0.717) is 28.6 Å². The highest BCUT2D eigenvalue weighted by Gasteiger charge is 2.13. The van der Waals surface area contributed by atoms with Gasteiger partial charge in [0.1, 0.15) is 5.75 Å². The van der Waals surface area contributed by atoms with E-state index >= 15 is 0 Å². The molecule has 0 bridgehead atoms. The lowest BCUT2D eigenvalue weighted by Crippen LogP contribution is -2.28. The summed E-state index contributed by atoms with van der Waals surface area (Å²) in [5.41, 5.74) is 0.707. The number of carbonyl (C=O) groups is 1. The standard InChI is InChI=1S/C23H21N3O5/c1-28-19-11-10-16(12-20(19)29-2)23-25-22(31-26-23)13-24-21(27)14-30-18-9-5-7-15-6-3-4-8-17(15)18/h3-12H,13-14H2,1-2H3,(H,24,27). The van der Waals surface area contributed by atoms with Crippen LogP contribution in [0.3, 0.4) is 0 Å². The van der Waals surface area contributed by atoms with Crippen LogP contribution in [0.2, 0.25) is 0 Å². The van der Waals surface area contributed by atoms with Crippen molar-refractivity contribution in [3.8, 4) is 28.6 Å². The van der Waals surface area contributed by atoms with E-state index in [9.17, 15) is 4.79 Å². The number of hydrogen-bond acceptors (Lipinski definition) is 7. The molecule has 0 aliphatic carbocycles. The molecule has 0 saturated heterocycles. The van der Waals surface area contributed by atoms with Crippen LogP contribution in [-0.4, -0.2) is 36.9 Å². The van der Waals surface area contributed by atoms with Gasteiger partial charge in [0.15, 0.2) is 18.1 Å². The second-order valence-corrected chi connectivity index (χ2v) is 6.62. The fraction of sp³-hybridized carbons (Fsp3) is 0.174. The minimum absolute atomic E-state index is 0.0953. The molecule has 3 aromatic carbocycles. The first-order valence-corrected chi connectivity index (χ1v) is 9.60. The maximum atomic E-state index is 12.2. The van der Waals surface area contributed by atoms with Gasteiger partial charge in [-0.1, -0.05) is 41.6 Å². The molecule has 1 amide bonds. The number of nitrogens with zero attached hydrogens (tertiary/aromatic N) is 2. The summed E-state index contributed by atoms with van der Waals surface area (Å²) in [6.45, 7) is -0.0251. The number of benzene rings is 3. The molecule has 4 rings (SSSR count). The van der Waals surface area contributed by atoms with Crippen molar-refractivity contribution < 1.29 is 23.5 Å². The van der Waals surface area contributed by atoms with E-state index in [1.807, 2.05) is 42.5 Å². The maximum absolute atomic E-state index is 12.2. The van der Waals surface area contributed by atoms with Gasteiger partial charge in [-0.2, -0.15) is 4.98 Å². The van der Waals surface area contributed by atoms with Crippen molar-refractivity contribution in [1.29, 1.82) is 0 Å². The lowest BCUT2D eigenvalue weighted by Gasteiger charge is -2.09. The largest absolute Gasteiger partial charge is 0.493 e. The van der Waals surface area contributed by atoms with Gasteiger partial charge in [0.25, 0.3) is 5.91 Å². The Kier molecular flexibility index (Phi) is 5.98. The Bertz CT molecular complexity index is 1200. The minimum Gasteiger partial charge on any atom is -0.493 e. The van der Waals surface area contributed by atoms with Crippen LogP contribution < -0.4 is 19.5 Å². The summed E-state index contributed by atoms with van der Waals surface area (Å²) in [5, 5.41) is 8.68. The van der Waals surface area contributed by atoms with Crippen LogP contribution >= 0.6 is 0 Å². The fourth-order valence-corrected chi connectivity index (χ4v) is 3.11. The Morgan fingerprint density at radius 2 is 1.77 bits per heavy atom. The zero-order valence-corrected chi connectivity index (χ0v) is 17.1. The molecule has 0 spiro atoms. The molecule has 0 aliphatic rings. The van der Waals surface area contributed by atoms with Crippen molar-refractivity contribution in [1.82, 2.24) is 15.5 Å². The third-order valence-electron chi connectivity index (χ3n) is 4.66. The number of carbonyl (C=O) groups excluding carboxylic acids is 1. The van der Waals surface area contributed by atoms with E-state index in [-0.39, 0.29) is 24.9 Å². The van der Waals surface area contributed by atoms with Gasteiger partial charge in [0.2, 0.25) is 11.7 Å². The average Bonchev–Trinajstić information content (AvgIpc) is 3.30. The lowest BCUT2D eigenvalue weighted by molar-refractivity contribution is -0.123. The summed E-state index contributed by atoms with van der Waals surface area (Å²) in [6.07, 6.45) is 0. The number of aromatic nitrogens is 2. The van der Waals surface area contributed by atoms with Crippen molar-refractivity contribution in [2.45, 2.75) is 6.54 Å². The third kappa shape index (κ3) is 4.58. The predicted octanol–water partition coefficient (Wildman–Crippen LogP) is 3.60. The van der Waals surface area contributed by atoms with Gasteiger partial charge in [-0.3, -0.25) is 4.79 Å². The first kappa shape index (κ1) is 20.2. The molecule has 1 heterocycles. The van der Waals surface area contributed by atoms with Crippen LogP contribution in [0.1, 0.15) is 5.89 Å². The number of methoxy groups -OCH3 is 2. The molecule has 4 aromatic rings. The topological polar surface area (TPSA) is 95.7 Å². The molecule has 8 nitrogen and oxygen atoms in total. The Balaban J connectivity index is 1.35. The van der Waals surface area contributed by atoms with Crippen molar-refractivity contribution in [3.63, 3.8) is 0 Å². The highest BCUT2D eigenvalue weighted by Crippen LogP contribution is 2.31. The number of fused-ring (bicyclic) bond motifs is 1. The van der Waals surface area contributed by atoms with Gasteiger partial charge in [0.05, 0.1) is 20.8 Å². The summed E-state index contributed by atoms with van der Waals surface area (Å²) < 4.78 is 21.4. The molecule has 0 atom stereocenters. The SMILES string of the molecule is COc1ccc(-c2noc(CNC(=O)COc3cccc4ccccc34)n2)cc1OC. The highest BCUT2D eigenvalue weighted by atomic mass is 16.5. The van der Waals surface area contributed by atoms with Crippen molar-refractivity contribution in [2.24, 2.45) is 0 Å². The van der Waals surface area contributed by atoms with E-state index in [4.69, 9.17) is 18.7 Å². The van der Waals surface area contributed by atoms with Crippen molar-refractivity contribution in [2.75, 3.05) is 20.8 Å². The number of hydrogen-bond donors (Lipinski definition) is 1. The van der Waals surface area contributed by atoms with Gasteiger partial charge >= 0.3 is 0 Å². The molecular weight excluding hydrogens is 398 g/mol. The molecule has 0 fully saturated rings. The molecule has 0 radical (unpaired) electrons. The second kappa shape index (κ2) is 9.17. The molecule has 158 valence electrons. The van der Waals surface area contributed by atoms with E-state index < -0.39 is 0 Å². The van der Waals surface area contributed by atoms with Crippen LogP contribution in [0.25, 0.3) is 22.2 Å². The molecule has 0 saturated carbocycles. The molecule has 1 N–H and O–H groups in total. The van der Waals surface area contributed by atoms with Crippen molar-refractivity contribution in [3.05, 3.63) is 66.6 Å². The number of nitrogens with one attached hydrogen (secondary N) is 1.